The van der Waals surface area contributed by atoms with E-state index < -0.39 is 0 Å². The summed E-state index contributed by atoms with van der Waals surface area (Å²) in [5.74, 6) is 5.68. The number of ether oxygens (including phenoxy) is 4. The molecular formula is C111H92N20O4Pt4-6. The zero-order valence-electron chi connectivity index (χ0n) is 77.7. The van der Waals surface area contributed by atoms with Crippen LogP contribution in [0, 0.1) is 117 Å². The zero-order chi connectivity index (χ0) is 93.0. The molecule has 10 aromatic heterocycles. The van der Waals surface area contributed by atoms with Gasteiger partial charge in [0.25, 0.3) is 0 Å². The topological polar surface area (TPSA) is 200 Å². The smallest absolute Gasteiger partial charge is 0.510 e. The Morgan fingerprint density at radius 1 is 0.317 bits per heavy atom. The van der Waals surface area contributed by atoms with Gasteiger partial charge in [-0.2, -0.15) is 81.3 Å². The van der Waals surface area contributed by atoms with Crippen molar-refractivity contribution in [1.29, 1.82) is 0 Å². The Bertz CT molecular complexity index is 7570. The fraction of sp³-hybridized carbons (Fsp3) is 0.108. The molecule has 0 bridgehead atoms. The van der Waals surface area contributed by atoms with Crippen LogP contribution in [0.15, 0.2) is 329 Å². The number of rotatable bonds is 19. The van der Waals surface area contributed by atoms with Gasteiger partial charge in [0, 0.05) is 242 Å². The van der Waals surface area contributed by atoms with E-state index in [0.717, 1.165) is 130 Å². The first-order chi connectivity index (χ1) is 65.8. The summed E-state index contributed by atoms with van der Waals surface area (Å²) in [5.41, 5.74) is 23.6. The second-order valence-corrected chi connectivity index (χ2v) is 32.0. The predicted molar refractivity (Wildman–Crippen MR) is 526 cm³/mol. The second kappa shape index (κ2) is 46.0. The van der Waals surface area contributed by atoms with Crippen molar-refractivity contribution in [1.82, 2.24) is 87.8 Å². The first kappa shape index (κ1) is 100. The van der Waals surface area contributed by atoms with E-state index in [1.165, 1.54) is 21.8 Å². The molecule has 0 saturated heterocycles. The molecule has 0 N–H and O–H groups in total. The minimum absolute atomic E-state index is 0. The minimum Gasteiger partial charge on any atom is -0.510 e. The van der Waals surface area contributed by atoms with E-state index in [1.54, 1.807) is 35.7 Å². The summed E-state index contributed by atoms with van der Waals surface area (Å²) in [4.78, 5) is 25.0. The molecule has 22 rings (SSSR count). The zero-order valence-corrected chi connectivity index (χ0v) is 86.8. The summed E-state index contributed by atoms with van der Waals surface area (Å²) in [6.45, 7) is 20.1. The first-order valence-electron chi connectivity index (χ1n) is 43.7. The largest absolute Gasteiger partial charge is 2.00 e. The Morgan fingerprint density at radius 3 is 1.01 bits per heavy atom. The van der Waals surface area contributed by atoms with Crippen LogP contribution in [0.2, 0.25) is 0 Å². The van der Waals surface area contributed by atoms with Gasteiger partial charge >= 0.3 is 42.1 Å². The van der Waals surface area contributed by atoms with Gasteiger partial charge in [-0.05, 0) is 165 Å². The van der Waals surface area contributed by atoms with Crippen molar-refractivity contribution in [3.63, 3.8) is 0 Å². The van der Waals surface area contributed by atoms with Gasteiger partial charge in [0.2, 0.25) is 0 Å². The van der Waals surface area contributed by atoms with Crippen LogP contribution in [0.3, 0.4) is 0 Å². The van der Waals surface area contributed by atoms with Crippen LogP contribution in [0.5, 0.6) is 46.0 Å². The molecule has 0 spiro atoms. The third-order valence-corrected chi connectivity index (χ3v) is 22.3. The molecule has 0 amide bonds. The average Bonchev–Trinajstić information content (AvgIpc) is 1.63. The number of anilines is 2. The van der Waals surface area contributed by atoms with Crippen molar-refractivity contribution in [3.8, 4) is 119 Å². The Hall–Kier alpha value is -14.7. The normalized spacial score (nSPS) is 11.6. The summed E-state index contributed by atoms with van der Waals surface area (Å²) in [7, 11) is 8.03. The van der Waals surface area contributed by atoms with Crippen LogP contribution in [-0.4, -0.2) is 102 Å². The van der Waals surface area contributed by atoms with E-state index in [9.17, 15) is 0 Å². The molecule has 2 aliphatic heterocycles. The van der Waals surface area contributed by atoms with Gasteiger partial charge in [-0.1, -0.05) is 60.7 Å². The van der Waals surface area contributed by atoms with Crippen molar-refractivity contribution in [2.45, 2.75) is 55.4 Å². The van der Waals surface area contributed by atoms with Gasteiger partial charge in [-0.25, -0.2) is 0 Å². The van der Waals surface area contributed by atoms with Crippen LogP contribution in [0.25, 0.3) is 95.0 Å². The molecule has 20 aromatic rings. The van der Waals surface area contributed by atoms with Crippen LogP contribution in [0.1, 0.15) is 45.6 Å². The predicted octanol–water partition coefficient (Wildman–Crippen LogP) is 23.3. The van der Waals surface area contributed by atoms with Crippen LogP contribution in [-0.2, 0) is 98.4 Å². The molecule has 706 valence electrons. The summed E-state index contributed by atoms with van der Waals surface area (Å²) in [6.07, 6.45) is 26.1. The molecule has 0 aliphatic carbocycles. The number of aromatic nitrogens is 16. The summed E-state index contributed by atoms with van der Waals surface area (Å²) in [6, 6.07) is 105. The second-order valence-electron chi connectivity index (χ2n) is 32.0. The number of nitrogens with zero attached hydrogens (tertiary/aromatic N) is 20. The van der Waals surface area contributed by atoms with Crippen molar-refractivity contribution in [2.24, 2.45) is 14.1 Å². The van der Waals surface area contributed by atoms with E-state index in [-0.39, 0.29) is 84.3 Å². The SMILES string of the molecule is CN1C=CN(c2[c-]c(Oc3[c-]c(-n4cccn4)ccc3)ccc2)[CH-]1.Cc1cc(C)n(-c2[c-]c(Oc3[c-]c(-n4nc(C)c(-c5cccnc5)c4C)ccc3)ccc2)n1.Cc1nn(-c2[c-]c(Oc3[c-]c(-c4nccn4C)ccc3)ccc2)c(C)c1-c1cccnc1.Cc1nn(-c2[c-]c(Oc3[c-]c(N4C=CN(C)[CH-]4)ccc3)ccc2)c(C)c1-c1cccnc1.Cn1c2ccccc2c2ccccc21.[Pt+2].[Pt+2].[Pt].[Pt]. The monoisotopic (exact) mass is 2550 g/mol. The number of imidazole rings is 1. The molecule has 2 aliphatic rings. The van der Waals surface area contributed by atoms with Gasteiger partial charge in [0.1, 0.15) is 0 Å². The van der Waals surface area contributed by atoms with Crippen LogP contribution < -0.4 is 28.7 Å². The Balaban J connectivity index is 0.000000140. The van der Waals surface area contributed by atoms with Crippen molar-refractivity contribution >= 4 is 33.2 Å². The van der Waals surface area contributed by atoms with E-state index >= 15 is 0 Å². The van der Waals surface area contributed by atoms with E-state index in [1.807, 2.05) is 369 Å². The number of aryl methyl sites for hydroxylation is 7. The molecule has 24 nitrogen and oxygen atoms in total. The number of hydrogen-bond acceptors (Lipinski definition) is 17. The molecule has 0 radical (unpaired) electrons. The van der Waals surface area contributed by atoms with E-state index in [0.29, 0.717) is 46.0 Å². The fourth-order valence-corrected chi connectivity index (χ4v) is 16.1. The standard InChI is InChI=1S/C27H23N5O.C26H22N5O.C26H21N5O.C19H15N4O.C13H11N.4Pt/c1-18-14-19(2)31(29-18)23-9-5-11-25(15-23)33-26-12-6-10-24(16-26)32-21(4)27(20(3)30-32)22-8-7-13-28-17-22;1-19-26(21-7-6-12-27-17-21)20(2)31(28-19)23-9-5-11-25(16-23)32-24-10-4-8-22(15-24)30-14-13-29(3)18-30;1-18-25(21-8-6-12-27-17-21)19(2)31(29-18)22-9-5-11-24(16-22)32-23-10-4-7-20(15-23)26-28-13-14-30(26)3;1-21-11-12-22(15-21)16-5-2-7-18(13-16)24-19-8-3-6-17(14-19)23-10-4-9-20-23;1-14-12-8-4-2-6-10(12)11-7-3-5-9-13(11)14;;;;/h5-14,17H,1-4H3;4-14,17-18H,1-3H3;4-14,17H,1-3H3;2-12,15H,1H3;2-9H,1H3;;;;/q-2;-3;-2;-3;;;;2*+2. The Morgan fingerprint density at radius 2 is 0.669 bits per heavy atom. The van der Waals surface area contributed by atoms with Gasteiger partial charge in [-0.3, -0.25) is 43.3 Å². The maximum atomic E-state index is 6.11. The maximum Gasteiger partial charge on any atom is 2.00 e. The van der Waals surface area contributed by atoms with E-state index in [4.69, 9.17) is 34.2 Å². The van der Waals surface area contributed by atoms with Gasteiger partial charge in [-0.15, -0.1) is 163 Å². The molecule has 12 heterocycles. The number of benzene rings is 10. The average molecular weight is 2550 g/mol. The van der Waals surface area contributed by atoms with Gasteiger partial charge in [0.05, 0.1) is 28.6 Å². The minimum atomic E-state index is 0. The quantitative estimate of drug-likeness (QED) is 0.0691. The van der Waals surface area contributed by atoms with Crippen molar-refractivity contribution in [3.05, 3.63) is 437 Å². The van der Waals surface area contributed by atoms with Crippen LogP contribution in [0.4, 0.5) is 11.4 Å². The Kier molecular flexibility index (Phi) is 33.2. The molecule has 0 fully saturated rings. The molecule has 10 aromatic carbocycles. The number of fused-ring (bicyclic) bond motifs is 3. The van der Waals surface area contributed by atoms with Crippen molar-refractivity contribution in [2.75, 3.05) is 23.9 Å². The fourth-order valence-electron chi connectivity index (χ4n) is 16.1. The maximum absolute atomic E-state index is 6.11. The third kappa shape index (κ3) is 23.4. The molecule has 0 atom stereocenters. The molecule has 0 unspecified atom stereocenters. The van der Waals surface area contributed by atoms with Gasteiger partial charge in [0.15, 0.2) is 0 Å². The number of para-hydroxylation sites is 2. The third-order valence-electron chi connectivity index (χ3n) is 22.3. The van der Waals surface area contributed by atoms with Gasteiger partial charge < -0.3 is 47.7 Å². The molecular weight excluding hydrogens is 2460 g/mol. The molecule has 139 heavy (non-hydrogen) atoms. The summed E-state index contributed by atoms with van der Waals surface area (Å²) < 4.78 is 37.7. The molecule has 0 saturated carbocycles. The van der Waals surface area contributed by atoms with Crippen molar-refractivity contribution < 1.29 is 103 Å². The summed E-state index contributed by atoms with van der Waals surface area (Å²) >= 11 is 0. The number of pyridine rings is 3. The summed E-state index contributed by atoms with van der Waals surface area (Å²) in [5, 5.41) is 25.7. The van der Waals surface area contributed by atoms with Crippen LogP contribution >= 0.6 is 0 Å². The Labute approximate surface area is 866 Å². The molecule has 28 heteroatoms. The number of hydrogen-bond donors (Lipinski definition) is 0. The van der Waals surface area contributed by atoms with E-state index in [2.05, 4.69) is 153 Å². The first-order valence-corrected chi connectivity index (χ1v) is 43.7.